The maximum absolute atomic E-state index is 13.9. The third-order valence-corrected chi connectivity index (χ3v) is 14.3. The van der Waals surface area contributed by atoms with Crippen molar-refractivity contribution in [1.29, 1.82) is 0 Å². The summed E-state index contributed by atoms with van der Waals surface area (Å²) in [6, 6.07) is 16.2. The van der Waals surface area contributed by atoms with Crippen LogP contribution in [0.4, 0.5) is 44.7 Å². The molecule has 6 aliphatic heterocycles. The molecule has 0 bridgehead atoms. The van der Waals surface area contributed by atoms with Crippen molar-refractivity contribution in [3.05, 3.63) is 140 Å². The van der Waals surface area contributed by atoms with E-state index < -0.39 is 58.5 Å². The van der Waals surface area contributed by atoms with Gasteiger partial charge in [0.2, 0.25) is 0 Å². The number of carbonyl (C=O) groups is 4. The predicted molar refractivity (Wildman–Crippen MR) is 267 cm³/mol. The molecule has 0 radical (unpaired) electrons. The molecule has 22 heteroatoms. The number of alkyl halides is 6. The van der Waals surface area contributed by atoms with Gasteiger partial charge < -0.3 is 38.5 Å². The van der Waals surface area contributed by atoms with Crippen molar-refractivity contribution in [1.82, 2.24) is 29.4 Å². The van der Waals surface area contributed by atoms with Crippen LogP contribution in [0.5, 0.6) is 0 Å². The maximum Gasteiger partial charge on any atom is 0.416 e. The van der Waals surface area contributed by atoms with Gasteiger partial charge in [0, 0.05) is 89.7 Å². The van der Waals surface area contributed by atoms with Gasteiger partial charge in [-0.25, -0.2) is 18.4 Å². The van der Waals surface area contributed by atoms with Crippen LogP contribution in [0.15, 0.2) is 72.8 Å². The normalized spacial score (nSPS) is 20.7. The molecule has 0 saturated carbocycles. The fourth-order valence-corrected chi connectivity index (χ4v) is 10.4. The highest BCUT2D eigenvalue weighted by Crippen LogP contribution is 2.37. The second kappa shape index (κ2) is 21.7. The molecule has 4 saturated heterocycles. The van der Waals surface area contributed by atoms with Crippen LogP contribution in [0.3, 0.4) is 0 Å². The van der Waals surface area contributed by atoms with Crippen LogP contribution in [-0.2, 0) is 57.5 Å². The van der Waals surface area contributed by atoms with Crippen LogP contribution in [0, 0.1) is 11.6 Å². The number of carbonyl (C=O) groups excluding carboxylic acids is 4. The third-order valence-electron chi connectivity index (χ3n) is 14.3. The lowest BCUT2D eigenvalue weighted by atomic mass is 10.0. The van der Waals surface area contributed by atoms with E-state index in [-0.39, 0.29) is 60.3 Å². The Balaban J connectivity index is 0.000000190. The van der Waals surface area contributed by atoms with Gasteiger partial charge in [-0.2, -0.15) is 26.3 Å². The molecule has 78 heavy (non-hydrogen) atoms. The monoisotopic (exact) mass is 1100 g/mol. The summed E-state index contributed by atoms with van der Waals surface area (Å²) in [5, 5.41) is 0. The molecule has 0 unspecified atom stereocenters. The Labute approximate surface area is 446 Å². The predicted octanol–water partition coefficient (Wildman–Crippen LogP) is 9.99. The molecule has 0 aromatic heterocycles. The lowest BCUT2D eigenvalue weighted by Gasteiger charge is -2.43. The average molecular weight is 1100 g/mol. The SMILES string of the molecule is CC(C)(C)OC(=O)N1CC(N2Cc3cc([C@@H]4CN(Cc5cc(F)cc(C(F)(F)F)c5)CCO4)ccc3C2=O)C1.CC(C)(C)OC(=O)N1CC(N2Cc3cc([C@@H]4CN(Cc5cc(F)cc(C(F)(F)F)c5)CCO4)ccc3C2=O)C1. The molecule has 4 fully saturated rings. The van der Waals surface area contributed by atoms with Crippen LogP contribution in [0.2, 0.25) is 0 Å². The fraction of sp³-hybridized carbons (Fsp3) is 0.500. The summed E-state index contributed by atoms with van der Waals surface area (Å²) in [5.41, 5.74) is 2.02. The second-order valence-corrected chi connectivity index (χ2v) is 22.7. The smallest absolute Gasteiger partial charge is 0.416 e. The topological polar surface area (TPSA) is 125 Å². The van der Waals surface area contributed by atoms with Crippen LogP contribution >= 0.6 is 0 Å². The highest BCUT2D eigenvalue weighted by atomic mass is 19.4. The zero-order chi connectivity index (χ0) is 56.2. The number of hydrogen-bond acceptors (Lipinski definition) is 10. The van der Waals surface area contributed by atoms with Crippen LogP contribution in [0.1, 0.15) is 119 Å². The molecule has 4 aromatic carbocycles. The van der Waals surface area contributed by atoms with Crippen LogP contribution in [0.25, 0.3) is 0 Å². The minimum Gasteiger partial charge on any atom is -0.444 e. The molecule has 6 heterocycles. The van der Waals surface area contributed by atoms with Crippen LogP contribution in [-0.4, -0.2) is 142 Å². The van der Waals surface area contributed by atoms with Crippen molar-refractivity contribution >= 4 is 24.0 Å². The first-order chi connectivity index (χ1) is 36.5. The standard InChI is InChI=1S/2C28H31F4N3O4/c2*1-27(2,3)39-26(37)34-14-22(15-34)35-13-19-10-18(4-5-23(19)25(35)36)24-16-33(6-7-38-24)12-17-8-20(28(30,31)32)11-21(29)9-17/h2*4-5,8-11,22,24H,6-7,12-16H2,1-3H3/t2*24-/m00/s1. The lowest BCUT2D eigenvalue weighted by molar-refractivity contribution is -0.138. The van der Waals surface area contributed by atoms with Crippen molar-refractivity contribution < 1.29 is 73.2 Å². The Hall–Kier alpha value is -6.36. The molecular formula is C56H62F8N6O8. The number of rotatable bonds is 8. The summed E-state index contributed by atoms with van der Waals surface area (Å²) in [7, 11) is 0. The molecule has 14 nitrogen and oxygen atoms in total. The van der Waals surface area contributed by atoms with Crippen molar-refractivity contribution in [3.63, 3.8) is 0 Å². The van der Waals surface area contributed by atoms with E-state index in [4.69, 9.17) is 18.9 Å². The first-order valence-corrected chi connectivity index (χ1v) is 25.8. The number of nitrogens with zero attached hydrogens (tertiary/aromatic N) is 6. The highest BCUT2D eigenvalue weighted by Gasteiger charge is 2.44. The number of hydrogen-bond donors (Lipinski definition) is 0. The molecule has 0 N–H and O–H groups in total. The van der Waals surface area contributed by atoms with Gasteiger partial charge in [-0.3, -0.25) is 19.4 Å². The van der Waals surface area contributed by atoms with Crippen molar-refractivity contribution in [2.24, 2.45) is 0 Å². The minimum absolute atomic E-state index is 0.0804. The number of morpholine rings is 2. The molecule has 4 amide bonds. The zero-order valence-electron chi connectivity index (χ0n) is 44.1. The Morgan fingerprint density at radius 1 is 0.538 bits per heavy atom. The van der Waals surface area contributed by atoms with E-state index in [0.29, 0.717) is 102 Å². The summed E-state index contributed by atoms with van der Waals surface area (Å²) in [5.74, 6) is -2.00. The molecule has 2 atom stereocenters. The Morgan fingerprint density at radius 3 is 1.26 bits per heavy atom. The summed E-state index contributed by atoms with van der Waals surface area (Å²) >= 11 is 0. The van der Waals surface area contributed by atoms with E-state index in [1.165, 1.54) is 0 Å². The van der Waals surface area contributed by atoms with Gasteiger partial charge in [-0.15, -0.1) is 0 Å². The van der Waals surface area contributed by atoms with E-state index in [9.17, 15) is 54.3 Å². The zero-order valence-corrected chi connectivity index (χ0v) is 44.1. The molecule has 10 rings (SSSR count). The lowest BCUT2D eigenvalue weighted by Crippen LogP contribution is -2.61. The van der Waals surface area contributed by atoms with Gasteiger partial charge in [0.15, 0.2) is 0 Å². The van der Waals surface area contributed by atoms with Gasteiger partial charge >= 0.3 is 24.5 Å². The first-order valence-electron chi connectivity index (χ1n) is 25.8. The molecule has 0 spiro atoms. The largest absolute Gasteiger partial charge is 0.444 e. The third kappa shape index (κ3) is 13.2. The van der Waals surface area contributed by atoms with Gasteiger partial charge in [0.05, 0.1) is 48.6 Å². The highest BCUT2D eigenvalue weighted by molar-refractivity contribution is 5.99. The second-order valence-electron chi connectivity index (χ2n) is 22.7. The number of benzene rings is 4. The Morgan fingerprint density at radius 2 is 0.910 bits per heavy atom. The van der Waals surface area contributed by atoms with E-state index in [0.717, 1.165) is 46.5 Å². The molecule has 6 aliphatic rings. The maximum atomic E-state index is 13.9. The van der Waals surface area contributed by atoms with E-state index in [2.05, 4.69) is 0 Å². The summed E-state index contributed by atoms with van der Waals surface area (Å²) < 4.78 is 129. The molecule has 0 aliphatic carbocycles. The number of amides is 4. The fourth-order valence-electron chi connectivity index (χ4n) is 10.4. The number of halogens is 8. The minimum atomic E-state index is -4.62. The molecule has 4 aromatic rings. The molecular weight excluding hydrogens is 1040 g/mol. The number of ether oxygens (including phenoxy) is 4. The summed E-state index contributed by atoms with van der Waals surface area (Å²) in [4.78, 5) is 61.2. The van der Waals surface area contributed by atoms with Gasteiger partial charge in [-0.1, -0.05) is 24.3 Å². The quantitative estimate of drug-likeness (QED) is 0.158. The average Bonchev–Trinajstić information content (AvgIpc) is 3.80. The van der Waals surface area contributed by atoms with E-state index in [1.807, 2.05) is 34.1 Å². The first kappa shape index (κ1) is 56.4. The van der Waals surface area contributed by atoms with Crippen molar-refractivity contribution in [3.8, 4) is 0 Å². The summed E-state index contributed by atoms with van der Waals surface area (Å²) in [6.45, 7) is 16.3. The van der Waals surface area contributed by atoms with Gasteiger partial charge in [0.25, 0.3) is 11.8 Å². The van der Waals surface area contributed by atoms with Crippen LogP contribution < -0.4 is 0 Å². The van der Waals surface area contributed by atoms with Crippen molar-refractivity contribution in [2.75, 3.05) is 65.6 Å². The number of fused-ring (bicyclic) bond motifs is 2. The number of likely N-dealkylation sites (tertiary alicyclic amines) is 2. The van der Waals surface area contributed by atoms with Gasteiger partial charge in [0.1, 0.15) is 22.8 Å². The Kier molecular flexibility index (Phi) is 15.7. The summed E-state index contributed by atoms with van der Waals surface area (Å²) in [6.07, 6.45) is -10.7. The van der Waals surface area contributed by atoms with E-state index in [1.54, 1.807) is 73.3 Å². The van der Waals surface area contributed by atoms with Gasteiger partial charge in [-0.05, 0) is 123 Å². The van der Waals surface area contributed by atoms with Crippen molar-refractivity contribution in [2.45, 2.75) is 116 Å². The molecule has 420 valence electrons. The Bertz CT molecular complexity index is 2740. The van der Waals surface area contributed by atoms with E-state index >= 15 is 0 Å².